The van der Waals surface area contributed by atoms with E-state index in [4.69, 9.17) is 4.74 Å². The number of hydrogen-bond acceptors (Lipinski definition) is 3. The number of hydrogen-bond donors (Lipinski definition) is 1. The number of nitrogens with one attached hydrogen (secondary N) is 1. The molecule has 2 rings (SSSR count). The number of amides is 1. The van der Waals surface area contributed by atoms with E-state index in [9.17, 15) is 4.79 Å². The molecule has 0 aliphatic rings. The maximum atomic E-state index is 11.8. The molecule has 0 radical (unpaired) electrons. The zero-order valence-corrected chi connectivity index (χ0v) is 13.2. The maximum absolute atomic E-state index is 11.8. The molecule has 0 fully saturated rings. The molecule has 1 aromatic carbocycles. The van der Waals surface area contributed by atoms with Crippen LogP contribution in [0.3, 0.4) is 0 Å². The highest BCUT2D eigenvalue weighted by Gasteiger charge is 2.07. The van der Waals surface area contributed by atoms with Gasteiger partial charge in [-0.15, -0.1) is 0 Å². The van der Waals surface area contributed by atoms with Crippen LogP contribution in [-0.4, -0.2) is 28.6 Å². The number of nitrogens with zero attached hydrogens (tertiary/aromatic N) is 2. The largest absolute Gasteiger partial charge is 0.484 e. The van der Waals surface area contributed by atoms with E-state index in [0.29, 0.717) is 12.3 Å². The molecule has 0 atom stereocenters. The Morgan fingerprint density at radius 3 is 2.82 bits per heavy atom. The SMILES string of the molecule is CCCn1c(C)cnc1CCNC(=O)COc1ccccc1. The molecule has 0 aliphatic carbocycles. The standard InChI is InChI=1S/C17H23N3O2/c1-3-11-20-14(2)12-19-16(20)9-10-18-17(21)13-22-15-7-5-4-6-8-15/h4-8,12H,3,9-11,13H2,1-2H3,(H,18,21). The van der Waals surface area contributed by atoms with Crippen molar-refractivity contribution in [3.8, 4) is 5.75 Å². The number of para-hydroxylation sites is 1. The number of carbonyl (C=O) groups is 1. The first-order valence-electron chi connectivity index (χ1n) is 7.66. The van der Waals surface area contributed by atoms with Crippen LogP contribution in [0, 0.1) is 6.92 Å². The van der Waals surface area contributed by atoms with Gasteiger partial charge in [0.15, 0.2) is 6.61 Å². The molecule has 0 aliphatic heterocycles. The Hall–Kier alpha value is -2.30. The number of rotatable bonds is 8. The van der Waals surface area contributed by atoms with Gasteiger partial charge in [-0.3, -0.25) is 4.79 Å². The van der Waals surface area contributed by atoms with Gasteiger partial charge in [-0.2, -0.15) is 0 Å². The van der Waals surface area contributed by atoms with E-state index in [0.717, 1.165) is 30.9 Å². The van der Waals surface area contributed by atoms with Crippen LogP contribution in [0.2, 0.25) is 0 Å². The highest BCUT2D eigenvalue weighted by atomic mass is 16.5. The molecule has 0 saturated heterocycles. The van der Waals surface area contributed by atoms with Crippen molar-refractivity contribution >= 4 is 5.91 Å². The van der Waals surface area contributed by atoms with Crippen LogP contribution in [0.15, 0.2) is 36.5 Å². The number of aryl methyl sites for hydroxylation is 1. The van der Waals surface area contributed by atoms with Crippen molar-refractivity contribution in [2.24, 2.45) is 0 Å². The Balaban J connectivity index is 1.73. The summed E-state index contributed by atoms with van der Waals surface area (Å²) < 4.78 is 7.61. The van der Waals surface area contributed by atoms with Crippen molar-refractivity contribution in [1.29, 1.82) is 0 Å². The first-order valence-corrected chi connectivity index (χ1v) is 7.66. The van der Waals surface area contributed by atoms with Gasteiger partial charge in [-0.05, 0) is 25.5 Å². The first-order chi connectivity index (χ1) is 10.7. The van der Waals surface area contributed by atoms with E-state index in [2.05, 4.69) is 28.7 Å². The summed E-state index contributed by atoms with van der Waals surface area (Å²) in [5, 5.41) is 2.86. The van der Waals surface area contributed by atoms with Gasteiger partial charge in [-0.25, -0.2) is 4.98 Å². The molecule has 0 unspecified atom stereocenters. The van der Waals surface area contributed by atoms with E-state index in [1.807, 2.05) is 36.5 Å². The average Bonchev–Trinajstić information content (AvgIpc) is 2.88. The molecule has 1 aromatic heterocycles. The second kappa shape index (κ2) is 8.22. The van der Waals surface area contributed by atoms with Crippen LogP contribution in [0.4, 0.5) is 0 Å². The number of carbonyl (C=O) groups excluding carboxylic acids is 1. The van der Waals surface area contributed by atoms with E-state index in [1.54, 1.807) is 0 Å². The molecule has 22 heavy (non-hydrogen) atoms. The lowest BCUT2D eigenvalue weighted by Gasteiger charge is -2.10. The van der Waals surface area contributed by atoms with Crippen molar-refractivity contribution in [2.75, 3.05) is 13.2 Å². The molecular formula is C17H23N3O2. The Morgan fingerprint density at radius 1 is 1.32 bits per heavy atom. The summed E-state index contributed by atoms with van der Waals surface area (Å²) in [5.41, 5.74) is 1.16. The third-order valence-electron chi connectivity index (χ3n) is 3.37. The molecule has 5 heteroatoms. The van der Waals surface area contributed by atoms with Crippen LogP contribution >= 0.6 is 0 Å². The minimum absolute atomic E-state index is 0.0342. The number of benzene rings is 1. The van der Waals surface area contributed by atoms with Crippen molar-refractivity contribution in [3.63, 3.8) is 0 Å². The highest BCUT2D eigenvalue weighted by Crippen LogP contribution is 2.08. The Labute approximate surface area is 131 Å². The molecule has 5 nitrogen and oxygen atoms in total. The van der Waals surface area contributed by atoms with E-state index in [-0.39, 0.29) is 12.5 Å². The summed E-state index contributed by atoms with van der Waals surface area (Å²) in [6.45, 7) is 5.76. The summed E-state index contributed by atoms with van der Waals surface area (Å²) in [5.74, 6) is 1.60. The van der Waals surface area contributed by atoms with Gasteiger partial charge in [0.2, 0.25) is 0 Å². The van der Waals surface area contributed by atoms with Crippen molar-refractivity contribution in [1.82, 2.24) is 14.9 Å². The van der Waals surface area contributed by atoms with Gasteiger partial charge in [0.05, 0.1) is 0 Å². The second-order valence-electron chi connectivity index (χ2n) is 5.17. The summed E-state index contributed by atoms with van der Waals surface area (Å²) in [6, 6.07) is 9.33. The van der Waals surface area contributed by atoms with Crippen molar-refractivity contribution < 1.29 is 9.53 Å². The molecule has 118 valence electrons. The molecule has 1 amide bonds. The van der Waals surface area contributed by atoms with Gasteiger partial charge >= 0.3 is 0 Å². The molecule has 1 N–H and O–H groups in total. The highest BCUT2D eigenvalue weighted by molar-refractivity contribution is 5.77. The van der Waals surface area contributed by atoms with E-state index >= 15 is 0 Å². The van der Waals surface area contributed by atoms with Gasteiger partial charge in [0.1, 0.15) is 11.6 Å². The molecule has 0 spiro atoms. The lowest BCUT2D eigenvalue weighted by atomic mass is 10.3. The predicted octanol–water partition coefficient (Wildman–Crippen LogP) is 2.34. The Kier molecular flexibility index (Phi) is 6.01. The molecule has 0 bridgehead atoms. The average molecular weight is 301 g/mol. The van der Waals surface area contributed by atoms with Crippen LogP contribution in [0.25, 0.3) is 0 Å². The summed E-state index contributed by atoms with van der Waals surface area (Å²) in [4.78, 5) is 16.2. The second-order valence-corrected chi connectivity index (χ2v) is 5.17. The molecule has 2 aromatic rings. The summed E-state index contributed by atoms with van der Waals surface area (Å²) in [6.07, 6.45) is 3.68. The fraction of sp³-hybridized carbons (Fsp3) is 0.412. The van der Waals surface area contributed by atoms with Gasteiger partial charge in [0, 0.05) is 31.4 Å². The van der Waals surface area contributed by atoms with Crippen LogP contribution in [-0.2, 0) is 17.8 Å². The maximum Gasteiger partial charge on any atom is 0.257 e. The van der Waals surface area contributed by atoms with Crippen LogP contribution in [0.5, 0.6) is 5.75 Å². The Morgan fingerprint density at radius 2 is 2.09 bits per heavy atom. The summed E-state index contributed by atoms with van der Waals surface area (Å²) >= 11 is 0. The lowest BCUT2D eigenvalue weighted by molar-refractivity contribution is -0.123. The van der Waals surface area contributed by atoms with Gasteiger partial charge in [-0.1, -0.05) is 25.1 Å². The fourth-order valence-corrected chi connectivity index (χ4v) is 2.27. The van der Waals surface area contributed by atoms with Gasteiger partial charge < -0.3 is 14.6 Å². The normalized spacial score (nSPS) is 10.5. The monoisotopic (exact) mass is 301 g/mol. The van der Waals surface area contributed by atoms with Crippen LogP contribution < -0.4 is 10.1 Å². The zero-order chi connectivity index (χ0) is 15.8. The van der Waals surface area contributed by atoms with E-state index < -0.39 is 0 Å². The predicted molar refractivity (Wildman–Crippen MR) is 85.9 cm³/mol. The van der Waals surface area contributed by atoms with Gasteiger partial charge in [0.25, 0.3) is 5.91 Å². The van der Waals surface area contributed by atoms with Crippen molar-refractivity contribution in [2.45, 2.75) is 33.2 Å². The third kappa shape index (κ3) is 4.62. The topological polar surface area (TPSA) is 56.2 Å². The van der Waals surface area contributed by atoms with Crippen LogP contribution in [0.1, 0.15) is 24.9 Å². The van der Waals surface area contributed by atoms with Crippen molar-refractivity contribution in [3.05, 3.63) is 48.0 Å². The lowest BCUT2D eigenvalue weighted by Crippen LogP contribution is -2.31. The summed E-state index contributed by atoms with van der Waals surface area (Å²) in [7, 11) is 0. The number of imidazole rings is 1. The number of ether oxygens (including phenoxy) is 1. The van der Waals surface area contributed by atoms with E-state index in [1.165, 1.54) is 0 Å². The fourth-order valence-electron chi connectivity index (χ4n) is 2.27. The smallest absolute Gasteiger partial charge is 0.257 e. The third-order valence-corrected chi connectivity index (χ3v) is 3.37. The Bertz CT molecular complexity index is 593. The molecule has 0 saturated carbocycles. The minimum Gasteiger partial charge on any atom is -0.484 e. The quantitative estimate of drug-likeness (QED) is 0.814. The minimum atomic E-state index is -0.117. The molecule has 1 heterocycles. The number of aromatic nitrogens is 2. The zero-order valence-electron chi connectivity index (χ0n) is 13.2. The molecular weight excluding hydrogens is 278 g/mol. The first kappa shape index (κ1) is 16.1.